The lowest BCUT2D eigenvalue weighted by molar-refractivity contribution is -0.137. The zero-order valence-electron chi connectivity index (χ0n) is 11.3. The molecule has 2 N–H and O–H groups in total. The minimum absolute atomic E-state index is 0.240. The van der Waals surface area contributed by atoms with Crippen molar-refractivity contribution in [3.63, 3.8) is 0 Å². The highest BCUT2D eigenvalue weighted by molar-refractivity contribution is 6.03. The van der Waals surface area contributed by atoms with Gasteiger partial charge in [0.2, 0.25) is 0 Å². The van der Waals surface area contributed by atoms with Crippen LogP contribution in [0.15, 0.2) is 12.1 Å². The molecule has 1 aromatic rings. The second kappa shape index (κ2) is 6.08. The fourth-order valence-electron chi connectivity index (χ4n) is 1.69. The largest absolute Gasteiger partial charge is 0.493 e. The van der Waals surface area contributed by atoms with Crippen molar-refractivity contribution in [1.82, 2.24) is 0 Å². The topological polar surface area (TPSA) is 84.9 Å². The summed E-state index contributed by atoms with van der Waals surface area (Å²) < 4.78 is 10.3. The molecule has 19 heavy (non-hydrogen) atoms. The van der Waals surface area contributed by atoms with Crippen LogP contribution in [0.4, 0.5) is 5.69 Å². The molecule has 6 heteroatoms. The smallest absolute Gasteiger partial charge is 0.325 e. The Morgan fingerprint density at radius 1 is 1.26 bits per heavy atom. The normalized spacial score (nSPS) is 11.6. The number of rotatable bonds is 6. The van der Waals surface area contributed by atoms with E-state index in [2.05, 4.69) is 5.32 Å². The Kier molecular flexibility index (Phi) is 4.74. The van der Waals surface area contributed by atoms with Gasteiger partial charge in [0.05, 0.1) is 19.8 Å². The van der Waals surface area contributed by atoms with Gasteiger partial charge >= 0.3 is 5.97 Å². The number of anilines is 1. The molecule has 0 aromatic heterocycles. The molecule has 0 amide bonds. The fraction of sp³-hybridized carbons (Fsp3) is 0.385. The van der Waals surface area contributed by atoms with Gasteiger partial charge in [-0.3, -0.25) is 9.59 Å². The van der Waals surface area contributed by atoms with E-state index in [1.54, 1.807) is 12.1 Å². The first-order valence-electron chi connectivity index (χ1n) is 5.67. The van der Waals surface area contributed by atoms with Gasteiger partial charge in [0.15, 0.2) is 17.3 Å². The molecular weight excluding hydrogens is 250 g/mol. The average Bonchev–Trinajstić information content (AvgIpc) is 2.37. The zero-order chi connectivity index (χ0) is 14.6. The molecule has 0 saturated carbocycles. The lowest BCUT2D eigenvalue weighted by Crippen LogP contribution is -2.26. The quantitative estimate of drug-likeness (QED) is 0.764. The number of ketones is 1. The molecule has 0 aliphatic carbocycles. The van der Waals surface area contributed by atoms with Crippen molar-refractivity contribution in [2.75, 3.05) is 19.5 Å². The maximum atomic E-state index is 11.7. The number of carbonyl (C=O) groups is 2. The number of Topliss-reactive ketones (excluding diaryl/α,β-unsaturated/α-hetero) is 1. The number of aliphatic carboxylic acids is 1. The van der Waals surface area contributed by atoms with Crippen LogP contribution in [0.5, 0.6) is 11.5 Å². The highest BCUT2D eigenvalue weighted by atomic mass is 16.5. The number of benzene rings is 1. The van der Waals surface area contributed by atoms with Crippen LogP contribution in [0.25, 0.3) is 0 Å². The maximum absolute atomic E-state index is 11.7. The number of hydrogen-bond acceptors (Lipinski definition) is 5. The van der Waals surface area contributed by atoms with Gasteiger partial charge in [-0.15, -0.1) is 0 Å². The second-order valence-electron chi connectivity index (χ2n) is 3.98. The summed E-state index contributed by atoms with van der Waals surface area (Å²) in [5.41, 5.74) is 0.676. The Hall–Kier alpha value is -2.24. The lowest BCUT2D eigenvalue weighted by atomic mass is 10.1. The van der Waals surface area contributed by atoms with E-state index in [0.717, 1.165) is 0 Å². The molecule has 1 atom stereocenters. The van der Waals surface area contributed by atoms with Gasteiger partial charge in [-0.05, 0) is 26.0 Å². The van der Waals surface area contributed by atoms with Crippen molar-refractivity contribution < 1.29 is 24.2 Å². The van der Waals surface area contributed by atoms with Gasteiger partial charge in [0, 0.05) is 5.69 Å². The maximum Gasteiger partial charge on any atom is 0.325 e. The summed E-state index contributed by atoms with van der Waals surface area (Å²) in [5, 5.41) is 11.7. The molecule has 0 heterocycles. The Balaban J connectivity index is 3.32. The first-order chi connectivity index (χ1) is 8.92. The summed E-state index contributed by atoms with van der Waals surface area (Å²) in [6, 6.07) is 2.39. The van der Waals surface area contributed by atoms with Crippen LogP contribution in [0.3, 0.4) is 0 Å². The number of carbonyl (C=O) groups excluding carboxylic acids is 1. The van der Waals surface area contributed by atoms with Crippen LogP contribution in [0, 0.1) is 0 Å². The van der Waals surface area contributed by atoms with E-state index in [-0.39, 0.29) is 17.1 Å². The van der Waals surface area contributed by atoms with Crippen LogP contribution < -0.4 is 14.8 Å². The van der Waals surface area contributed by atoms with Gasteiger partial charge < -0.3 is 19.9 Å². The predicted molar refractivity (Wildman–Crippen MR) is 70.3 cm³/mol. The number of nitrogens with one attached hydrogen (secondary N) is 1. The molecule has 1 rings (SSSR count). The van der Waals surface area contributed by atoms with Crippen LogP contribution in [0.2, 0.25) is 0 Å². The molecule has 0 unspecified atom stereocenters. The van der Waals surface area contributed by atoms with Crippen molar-refractivity contribution in [3.05, 3.63) is 17.7 Å². The Morgan fingerprint density at radius 3 is 2.32 bits per heavy atom. The minimum atomic E-state index is -1.01. The van der Waals surface area contributed by atoms with Gasteiger partial charge in [0.1, 0.15) is 6.04 Å². The highest BCUT2D eigenvalue weighted by Crippen LogP contribution is 2.36. The summed E-state index contributed by atoms with van der Waals surface area (Å²) in [5.74, 6) is -0.543. The third-order valence-electron chi connectivity index (χ3n) is 2.64. The van der Waals surface area contributed by atoms with E-state index in [1.165, 1.54) is 28.1 Å². The van der Waals surface area contributed by atoms with E-state index in [4.69, 9.17) is 14.6 Å². The van der Waals surface area contributed by atoms with Crippen molar-refractivity contribution in [2.45, 2.75) is 19.9 Å². The first kappa shape index (κ1) is 14.8. The molecule has 0 fully saturated rings. The summed E-state index contributed by atoms with van der Waals surface area (Å²) in [4.78, 5) is 22.6. The van der Waals surface area contributed by atoms with Crippen LogP contribution in [-0.2, 0) is 4.79 Å². The number of methoxy groups -OCH3 is 2. The third kappa shape index (κ3) is 3.15. The number of ether oxygens (including phenoxy) is 2. The molecule has 6 nitrogen and oxygen atoms in total. The molecular formula is C13H17NO5. The van der Waals surface area contributed by atoms with Gasteiger partial charge in [0.25, 0.3) is 0 Å². The monoisotopic (exact) mass is 267 g/mol. The summed E-state index contributed by atoms with van der Waals surface area (Å²) in [7, 11) is 2.89. The predicted octanol–water partition coefficient (Wildman–Crippen LogP) is 1.79. The lowest BCUT2D eigenvalue weighted by Gasteiger charge is -2.18. The van der Waals surface area contributed by atoms with Gasteiger partial charge in [-0.25, -0.2) is 0 Å². The van der Waals surface area contributed by atoms with E-state index in [9.17, 15) is 9.59 Å². The van der Waals surface area contributed by atoms with Gasteiger partial charge in [-0.2, -0.15) is 0 Å². The molecule has 1 aromatic carbocycles. The molecule has 0 aliphatic heterocycles. The van der Waals surface area contributed by atoms with Crippen LogP contribution >= 0.6 is 0 Å². The third-order valence-corrected chi connectivity index (χ3v) is 2.64. The van der Waals surface area contributed by atoms with Crippen molar-refractivity contribution >= 4 is 17.4 Å². The molecule has 0 aliphatic rings. The molecule has 0 spiro atoms. The minimum Gasteiger partial charge on any atom is -0.493 e. The Labute approximate surface area is 111 Å². The SMILES string of the molecule is COc1ccc(N[C@@H](C)C(=O)O)c(C(C)=O)c1OC. The molecule has 0 bridgehead atoms. The van der Waals surface area contributed by atoms with E-state index in [0.29, 0.717) is 11.4 Å². The van der Waals surface area contributed by atoms with Crippen molar-refractivity contribution in [1.29, 1.82) is 0 Å². The zero-order valence-corrected chi connectivity index (χ0v) is 11.3. The van der Waals surface area contributed by atoms with E-state index in [1.807, 2.05) is 0 Å². The molecule has 104 valence electrons. The standard InChI is InChI=1S/C13H17NO5/c1-7(13(16)17)14-9-5-6-10(18-3)12(19-4)11(9)8(2)15/h5-7,14H,1-4H3,(H,16,17)/t7-/m0/s1. The Bertz CT molecular complexity index is 498. The van der Waals surface area contributed by atoms with Crippen LogP contribution in [0.1, 0.15) is 24.2 Å². The number of hydrogen-bond donors (Lipinski definition) is 2. The molecule has 0 saturated heterocycles. The second-order valence-corrected chi connectivity index (χ2v) is 3.98. The van der Waals surface area contributed by atoms with Crippen LogP contribution in [-0.4, -0.2) is 37.1 Å². The summed E-state index contributed by atoms with van der Waals surface area (Å²) in [6.45, 7) is 2.87. The summed E-state index contributed by atoms with van der Waals surface area (Å²) >= 11 is 0. The van der Waals surface area contributed by atoms with Crippen molar-refractivity contribution in [2.24, 2.45) is 0 Å². The summed E-state index contributed by atoms with van der Waals surface area (Å²) in [6.07, 6.45) is 0. The van der Waals surface area contributed by atoms with Crippen molar-refractivity contribution in [3.8, 4) is 11.5 Å². The average molecular weight is 267 g/mol. The Morgan fingerprint density at radius 2 is 1.89 bits per heavy atom. The van der Waals surface area contributed by atoms with E-state index >= 15 is 0 Å². The first-order valence-corrected chi connectivity index (χ1v) is 5.67. The fourth-order valence-corrected chi connectivity index (χ4v) is 1.69. The molecule has 0 radical (unpaired) electrons. The number of carboxylic acids is 1. The number of carboxylic acid groups (broad SMARTS) is 1. The van der Waals surface area contributed by atoms with Gasteiger partial charge in [-0.1, -0.05) is 0 Å². The highest BCUT2D eigenvalue weighted by Gasteiger charge is 2.21. The van der Waals surface area contributed by atoms with E-state index < -0.39 is 12.0 Å².